The Labute approximate surface area is 114 Å². The van der Waals surface area contributed by atoms with E-state index in [1.165, 1.54) is 18.3 Å². The summed E-state index contributed by atoms with van der Waals surface area (Å²) in [5.74, 6) is -1.62. The van der Waals surface area contributed by atoms with Crippen LogP contribution in [0, 0.1) is 11.6 Å². The van der Waals surface area contributed by atoms with E-state index in [4.69, 9.17) is 0 Å². The quantitative estimate of drug-likeness (QED) is 0.935. The van der Waals surface area contributed by atoms with Crippen LogP contribution in [0.4, 0.5) is 8.78 Å². The van der Waals surface area contributed by atoms with Crippen LogP contribution in [-0.4, -0.2) is 10.9 Å². The van der Waals surface area contributed by atoms with E-state index in [-0.39, 0.29) is 11.6 Å². The number of nitrogens with one attached hydrogen (secondary N) is 1. The van der Waals surface area contributed by atoms with E-state index in [1.807, 2.05) is 0 Å². The van der Waals surface area contributed by atoms with Gasteiger partial charge in [-0.05, 0) is 31.0 Å². The zero-order valence-electron chi connectivity index (χ0n) is 10.6. The van der Waals surface area contributed by atoms with Crippen LogP contribution in [-0.2, 0) is 5.54 Å². The first-order valence-electron chi connectivity index (χ1n) is 6.30. The fourth-order valence-electron chi connectivity index (χ4n) is 2.24. The average Bonchev–Trinajstić information content (AvgIpc) is 3.20. The standard InChI is InChI=1S/C15H12F2N2O/c16-10-4-5-11(12(17)9-10)15(6-7-15)19-14(20)13-3-1-2-8-18-13/h1-5,8-9H,6-7H2,(H,19,20). The van der Waals surface area contributed by atoms with Crippen LogP contribution in [0.25, 0.3) is 0 Å². The SMILES string of the molecule is O=C(NC1(c2ccc(F)cc2F)CC1)c1ccccn1. The van der Waals surface area contributed by atoms with Crippen molar-refractivity contribution in [3.8, 4) is 0 Å². The highest BCUT2D eigenvalue weighted by molar-refractivity contribution is 5.93. The van der Waals surface area contributed by atoms with Crippen LogP contribution in [0.3, 0.4) is 0 Å². The van der Waals surface area contributed by atoms with Crippen molar-refractivity contribution in [2.45, 2.75) is 18.4 Å². The van der Waals surface area contributed by atoms with E-state index < -0.39 is 17.2 Å². The van der Waals surface area contributed by atoms with Crippen molar-refractivity contribution in [2.75, 3.05) is 0 Å². The van der Waals surface area contributed by atoms with Gasteiger partial charge < -0.3 is 5.32 Å². The average molecular weight is 274 g/mol. The van der Waals surface area contributed by atoms with Gasteiger partial charge in [-0.1, -0.05) is 12.1 Å². The van der Waals surface area contributed by atoms with Crippen LogP contribution in [0.5, 0.6) is 0 Å². The number of halogens is 2. The molecule has 1 aliphatic rings. The lowest BCUT2D eigenvalue weighted by Crippen LogP contribution is -2.36. The molecule has 0 saturated heterocycles. The van der Waals surface area contributed by atoms with Gasteiger partial charge in [0.2, 0.25) is 0 Å². The third-order valence-corrected chi connectivity index (χ3v) is 3.45. The summed E-state index contributed by atoms with van der Waals surface area (Å²) in [5.41, 5.74) is -0.128. The predicted octanol–water partition coefficient (Wildman–Crippen LogP) is 2.78. The summed E-state index contributed by atoms with van der Waals surface area (Å²) in [5, 5.41) is 2.80. The number of hydrogen-bond donors (Lipinski definition) is 1. The largest absolute Gasteiger partial charge is 0.341 e. The Bertz CT molecular complexity index is 654. The fraction of sp³-hybridized carbons (Fsp3) is 0.200. The molecule has 3 nitrogen and oxygen atoms in total. The topological polar surface area (TPSA) is 42.0 Å². The second-order valence-corrected chi connectivity index (χ2v) is 4.88. The second kappa shape index (κ2) is 4.67. The van der Waals surface area contributed by atoms with Crippen molar-refractivity contribution < 1.29 is 13.6 Å². The summed E-state index contributed by atoms with van der Waals surface area (Å²) >= 11 is 0. The minimum atomic E-state index is -0.730. The highest BCUT2D eigenvalue weighted by atomic mass is 19.1. The highest BCUT2D eigenvalue weighted by Gasteiger charge is 2.47. The maximum Gasteiger partial charge on any atom is 0.270 e. The van der Waals surface area contributed by atoms with Crippen LogP contribution in [0.1, 0.15) is 28.9 Å². The predicted molar refractivity (Wildman–Crippen MR) is 69.0 cm³/mol. The van der Waals surface area contributed by atoms with Gasteiger partial charge in [0.05, 0.1) is 5.54 Å². The zero-order chi connectivity index (χ0) is 14.2. The Morgan fingerprint density at radius 2 is 2.00 bits per heavy atom. The van der Waals surface area contributed by atoms with Crippen LogP contribution < -0.4 is 5.32 Å². The molecule has 1 heterocycles. The monoisotopic (exact) mass is 274 g/mol. The molecule has 0 unspecified atom stereocenters. The van der Waals surface area contributed by atoms with Crippen molar-refractivity contribution in [3.63, 3.8) is 0 Å². The Morgan fingerprint density at radius 3 is 2.60 bits per heavy atom. The number of benzene rings is 1. The molecule has 102 valence electrons. The molecule has 0 spiro atoms. The fourth-order valence-corrected chi connectivity index (χ4v) is 2.24. The summed E-state index contributed by atoms with van der Waals surface area (Å²) in [7, 11) is 0. The van der Waals surface area contributed by atoms with Crippen LogP contribution >= 0.6 is 0 Å². The Hall–Kier alpha value is -2.30. The first-order chi connectivity index (χ1) is 9.61. The summed E-state index contributed by atoms with van der Waals surface area (Å²) in [6, 6.07) is 8.43. The molecule has 1 aromatic heterocycles. The van der Waals surface area contributed by atoms with Crippen LogP contribution in [0.15, 0.2) is 42.6 Å². The van der Waals surface area contributed by atoms with E-state index in [2.05, 4.69) is 10.3 Å². The molecule has 3 rings (SSSR count). The molecule has 0 aliphatic heterocycles. The van der Waals surface area contributed by atoms with Gasteiger partial charge in [0, 0.05) is 17.8 Å². The van der Waals surface area contributed by atoms with Gasteiger partial charge in [-0.2, -0.15) is 0 Å². The smallest absolute Gasteiger partial charge is 0.270 e. The molecule has 5 heteroatoms. The Morgan fingerprint density at radius 1 is 1.20 bits per heavy atom. The van der Waals surface area contributed by atoms with Crippen molar-refractivity contribution >= 4 is 5.91 Å². The Kier molecular flexibility index (Phi) is 2.97. The molecule has 1 aromatic carbocycles. The molecule has 1 N–H and O–H groups in total. The molecular formula is C15H12F2N2O. The molecule has 1 amide bonds. The van der Waals surface area contributed by atoms with Gasteiger partial charge in [0.1, 0.15) is 17.3 Å². The molecule has 0 atom stereocenters. The van der Waals surface area contributed by atoms with Gasteiger partial charge in [-0.15, -0.1) is 0 Å². The molecule has 1 aliphatic carbocycles. The van der Waals surface area contributed by atoms with Gasteiger partial charge in [0.15, 0.2) is 0 Å². The van der Waals surface area contributed by atoms with Crippen molar-refractivity contribution in [2.24, 2.45) is 0 Å². The number of carbonyl (C=O) groups excluding carboxylic acids is 1. The first-order valence-corrected chi connectivity index (χ1v) is 6.30. The molecule has 2 aromatic rings. The zero-order valence-corrected chi connectivity index (χ0v) is 10.6. The maximum absolute atomic E-state index is 13.8. The molecular weight excluding hydrogens is 262 g/mol. The number of carbonyl (C=O) groups is 1. The molecule has 0 bridgehead atoms. The lowest BCUT2D eigenvalue weighted by atomic mass is 10.0. The van der Waals surface area contributed by atoms with E-state index in [9.17, 15) is 13.6 Å². The van der Waals surface area contributed by atoms with Gasteiger partial charge >= 0.3 is 0 Å². The third kappa shape index (κ3) is 2.27. The summed E-state index contributed by atoms with van der Waals surface area (Å²) in [6.07, 6.45) is 2.79. The number of aromatic nitrogens is 1. The summed E-state index contributed by atoms with van der Waals surface area (Å²) in [6.45, 7) is 0. The molecule has 1 saturated carbocycles. The number of hydrogen-bond acceptors (Lipinski definition) is 2. The van der Waals surface area contributed by atoms with Crippen LogP contribution in [0.2, 0.25) is 0 Å². The number of nitrogens with zero attached hydrogens (tertiary/aromatic N) is 1. The van der Waals surface area contributed by atoms with Crippen molar-refractivity contribution in [3.05, 3.63) is 65.5 Å². The first kappa shape index (κ1) is 12.7. The van der Waals surface area contributed by atoms with Gasteiger partial charge in [-0.25, -0.2) is 8.78 Å². The van der Waals surface area contributed by atoms with Gasteiger partial charge in [-0.3, -0.25) is 9.78 Å². The number of amides is 1. The van der Waals surface area contributed by atoms with Crippen molar-refractivity contribution in [1.29, 1.82) is 0 Å². The maximum atomic E-state index is 13.8. The van der Waals surface area contributed by atoms with Crippen molar-refractivity contribution in [1.82, 2.24) is 10.3 Å². The highest BCUT2D eigenvalue weighted by Crippen LogP contribution is 2.46. The third-order valence-electron chi connectivity index (χ3n) is 3.45. The van der Waals surface area contributed by atoms with Gasteiger partial charge in [0.25, 0.3) is 5.91 Å². The minimum absolute atomic E-state index is 0.279. The second-order valence-electron chi connectivity index (χ2n) is 4.88. The van der Waals surface area contributed by atoms with E-state index in [0.717, 1.165) is 6.07 Å². The van der Waals surface area contributed by atoms with E-state index in [0.29, 0.717) is 18.4 Å². The normalized spacial score (nSPS) is 15.7. The Balaban J connectivity index is 1.85. The lowest BCUT2D eigenvalue weighted by molar-refractivity contribution is 0.0925. The number of pyridine rings is 1. The number of rotatable bonds is 3. The molecule has 0 radical (unpaired) electrons. The van der Waals surface area contributed by atoms with E-state index >= 15 is 0 Å². The summed E-state index contributed by atoms with van der Waals surface area (Å²) in [4.78, 5) is 16.0. The minimum Gasteiger partial charge on any atom is -0.341 e. The lowest BCUT2D eigenvalue weighted by Gasteiger charge is -2.18. The molecule has 1 fully saturated rings. The summed E-state index contributed by atoms with van der Waals surface area (Å²) < 4.78 is 26.8. The molecule has 20 heavy (non-hydrogen) atoms. The van der Waals surface area contributed by atoms with E-state index in [1.54, 1.807) is 18.2 Å².